The molecule has 2 rings (SSSR count). The second kappa shape index (κ2) is 11.1. The number of aryl methyl sites for hydroxylation is 1. The zero-order valence-corrected chi connectivity index (χ0v) is 19.4. The standard InChI is InChI=1S/C26H35FN2O2/c1-6-17-28-25(31)19(2)29(18-21-9-14-23(27)15-10-21)24(30)16-11-20-7-12-22(13-8-20)26(3,4)5/h7-10,12-15,19H,6,11,16-18H2,1-5H3,(H,28,31)/t19-/m0/s1. The van der Waals surface area contributed by atoms with E-state index in [1.54, 1.807) is 24.0 Å². The molecule has 31 heavy (non-hydrogen) atoms. The van der Waals surface area contributed by atoms with Crippen LogP contribution in [0.25, 0.3) is 0 Å². The molecule has 1 N–H and O–H groups in total. The van der Waals surface area contributed by atoms with Crippen LogP contribution in [0.4, 0.5) is 4.39 Å². The molecule has 0 aliphatic carbocycles. The number of rotatable bonds is 9. The van der Waals surface area contributed by atoms with Crippen LogP contribution < -0.4 is 5.32 Å². The maximum Gasteiger partial charge on any atom is 0.242 e. The lowest BCUT2D eigenvalue weighted by atomic mass is 9.86. The molecule has 168 valence electrons. The van der Waals surface area contributed by atoms with Crippen molar-refractivity contribution in [3.63, 3.8) is 0 Å². The van der Waals surface area contributed by atoms with Crippen LogP contribution in [-0.2, 0) is 28.0 Å². The molecule has 0 aromatic heterocycles. The minimum Gasteiger partial charge on any atom is -0.354 e. The fraction of sp³-hybridized carbons (Fsp3) is 0.462. The molecule has 2 amide bonds. The SMILES string of the molecule is CCCNC(=O)[C@H](C)N(Cc1ccc(F)cc1)C(=O)CCc1ccc(C(C)(C)C)cc1. The van der Waals surface area contributed by atoms with Crippen molar-refractivity contribution in [1.29, 1.82) is 0 Å². The van der Waals surface area contributed by atoms with E-state index in [4.69, 9.17) is 0 Å². The van der Waals surface area contributed by atoms with E-state index in [9.17, 15) is 14.0 Å². The van der Waals surface area contributed by atoms with Gasteiger partial charge in [-0.1, -0.05) is 64.1 Å². The lowest BCUT2D eigenvalue weighted by molar-refractivity contribution is -0.140. The molecule has 1 atom stereocenters. The van der Waals surface area contributed by atoms with Gasteiger partial charge in [-0.15, -0.1) is 0 Å². The van der Waals surface area contributed by atoms with Crippen molar-refractivity contribution in [2.45, 2.75) is 71.9 Å². The molecule has 0 fully saturated rings. The monoisotopic (exact) mass is 426 g/mol. The highest BCUT2D eigenvalue weighted by molar-refractivity contribution is 5.87. The molecule has 0 unspecified atom stereocenters. The molecule has 0 heterocycles. The van der Waals surface area contributed by atoms with E-state index in [1.807, 2.05) is 6.92 Å². The van der Waals surface area contributed by atoms with Crippen LogP contribution in [0.2, 0.25) is 0 Å². The summed E-state index contributed by atoms with van der Waals surface area (Å²) in [5.41, 5.74) is 3.22. The van der Waals surface area contributed by atoms with Crippen molar-refractivity contribution < 1.29 is 14.0 Å². The summed E-state index contributed by atoms with van der Waals surface area (Å²) in [5.74, 6) is -0.593. The van der Waals surface area contributed by atoms with Crippen molar-refractivity contribution >= 4 is 11.8 Å². The third kappa shape index (κ3) is 7.50. The fourth-order valence-electron chi connectivity index (χ4n) is 3.33. The van der Waals surface area contributed by atoms with Crippen LogP contribution in [0.3, 0.4) is 0 Å². The molecule has 2 aromatic rings. The van der Waals surface area contributed by atoms with E-state index in [0.29, 0.717) is 19.4 Å². The van der Waals surface area contributed by atoms with Gasteiger partial charge in [0, 0.05) is 19.5 Å². The lowest BCUT2D eigenvalue weighted by Gasteiger charge is -2.29. The maximum absolute atomic E-state index is 13.3. The number of benzene rings is 2. The van der Waals surface area contributed by atoms with E-state index >= 15 is 0 Å². The van der Waals surface area contributed by atoms with Crippen LogP contribution >= 0.6 is 0 Å². The van der Waals surface area contributed by atoms with Crippen molar-refractivity contribution in [1.82, 2.24) is 10.2 Å². The van der Waals surface area contributed by atoms with Crippen molar-refractivity contribution in [2.24, 2.45) is 0 Å². The fourth-order valence-corrected chi connectivity index (χ4v) is 3.33. The van der Waals surface area contributed by atoms with E-state index < -0.39 is 6.04 Å². The first-order valence-corrected chi connectivity index (χ1v) is 11.0. The third-order valence-electron chi connectivity index (χ3n) is 5.43. The number of nitrogens with one attached hydrogen (secondary N) is 1. The smallest absolute Gasteiger partial charge is 0.242 e. The van der Waals surface area contributed by atoms with E-state index in [1.165, 1.54) is 17.7 Å². The Balaban J connectivity index is 2.10. The number of hydrogen-bond acceptors (Lipinski definition) is 2. The summed E-state index contributed by atoms with van der Waals surface area (Å²) in [6.07, 6.45) is 1.74. The first kappa shape index (κ1) is 24.6. The largest absolute Gasteiger partial charge is 0.354 e. The Kier molecular flexibility index (Phi) is 8.78. The van der Waals surface area contributed by atoms with E-state index in [2.05, 4.69) is 50.4 Å². The Hall–Kier alpha value is -2.69. The minimum atomic E-state index is -0.604. The van der Waals surface area contributed by atoms with E-state index in [-0.39, 0.29) is 29.6 Å². The predicted octanol–water partition coefficient (Wildman–Crippen LogP) is 5.00. The normalized spacial score (nSPS) is 12.3. The zero-order valence-electron chi connectivity index (χ0n) is 19.4. The topological polar surface area (TPSA) is 49.4 Å². The predicted molar refractivity (Wildman–Crippen MR) is 123 cm³/mol. The van der Waals surface area contributed by atoms with Gasteiger partial charge in [-0.2, -0.15) is 0 Å². The second-order valence-corrected chi connectivity index (χ2v) is 9.06. The number of nitrogens with zero attached hydrogens (tertiary/aromatic N) is 1. The third-order valence-corrected chi connectivity index (χ3v) is 5.43. The van der Waals surface area contributed by atoms with Gasteiger partial charge in [-0.25, -0.2) is 4.39 Å². The van der Waals surface area contributed by atoms with Gasteiger partial charge in [0.05, 0.1) is 0 Å². The van der Waals surface area contributed by atoms with Gasteiger partial charge < -0.3 is 10.2 Å². The number of amides is 2. The summed E-state index contributed by atoms with van der Waals surface area (Å²) in [7, 11) is 0. The molecule has 0 aliphatic heterocycles. The number of carbonyl (C=O) groups excluding carboxylic acids is 2. The van der Waals surface area contributed by atoms with E-state index in [0.717, 1.165) is 17.5 Å². The summed E-state index contributed by atoms with van der Waals surface area (Å²) in [6.45, 7) is 11.1. The average Bonchev–Trinajstić information content (AvgIpc) is 2.74. The highest BCUT2D eigenvalue weighted by atomic mass is 19.1. The molecule has 0 spiro atoms. The molecule has 2 aromatic carbocycles. The van der Waals surface area contributed by atoms with Crippen LogP contribution in [0.15, 0.2) is 48.5 Å². The Labute approximate surface area is 185 Å². The highest BCUT2D eigenvalue weighted by Gasteiger charge is 2.25. The summed E-state index contributed by atoms with van der Waals surface area (Å²) < 4.78 is 13.3. The van der Waals surface area contributed by atoms with Gasteiger partial charge in [0.1, 0.15) is 11.9 Å². The van der Waals surface area contributed by atoms with Crippen molar-refractivity contribution in [3.05, 3.63) is 71.0 Å². The molecular formula is C26H35FN2O2. The summed E-state index contributed by atoms with van der Waals surface area (Å²) >= 11 is 0. The quantitative estimate of drug-likeness (QED) is 0.613. The number of carbonyl (C=O) groups is 2. The van der Waals surface area contributed by atoms with Gasteiger partial charge >= 0.3 is 0 Å². The molecule has 0 aliphatic rings. The maximum atomic E-state index is 13.3. The second-order valence-electron chi connectivity index (χ2n) is 9.06. The van der Waals surface area contributed by atoms with Crippen molar-refractivity contribution in [3.8, 4) is 0 Å². The summed E-state index contributed by atoms with van der Waals surface area (Å²) in [4.78, 5) is 27.2. The molecule has 4 nitrogen and oxygen atoms in total. The zero-order chi connectivity index (χ0) is 23.0. The van der Waals surface area contributed by atoms with Gasteiger partial charge in [0.2, 0.25) is 11.8 Å². The Morgan fingerprint density at radius 3 is 2.13 bits per heavy atom. The Morgan fingerprint density at radius 2 is 1.58 bits per heavy atom. The molecule has 0 radical (unpaired) electrons. The van der Waals surface area contributed by atoms with Gasteiger partial charge in [-0.3, -0.25) is 9.59 Å². The van der Waals surface area contributed by atoms with Gasteiger partial charge in [-0.05, 0) is 54.0 Å². The highest BCUT2D eigenvalue weighted by Crippen LogP contribution is 2.22. The summed E-state index contributed by atoms with van der Waals surface area (Å²) in [5, 5.41) is 2.86. The van der Waals surface area contributed by atoms with Crippen LogP contribution in [0, 0.1) is 5.82 Å². The molecule has 5 heteroatoms. The lowest BCUT2D eigenvalue weighted by Crippen LogP contribution is -2.47. The van der Waals surface area contributed by atoms with Gasteiger partial charge in [0.15, 0.2) is 0 Å². The Morgan fingerprint density at radius 1 is 1.00 bits per heavy atom. The average molecular weight is 427 g/mol. The van der Waals surface area contributed by atoms with Crippen LogP contribution in [-0.4, -0.2) is 29.3 Å². The van der Waals surface area contributed by atoms with Gasteiger partial charge in [0.25, 0.3) is 0 Å². The Bertz CT molecular complexity index is 854. The molecule has 0 bridgehead atoms. The molecule has 0 saturated carbocycles. The van der Waals surface area contributed by atoms with Crippen LogP contribution in [0.1, 0.15) is 64.2 Å². The van der Waals surface area contributed by atoms with Crippen LogP contribution in [0.5, 0.6) is 0 Å². The minimum absolute atomic E-state index is 0.0849. The number of hydrogen-bond donors (Lipinski definition) is 1. The first-order chi connectivity index (χ1) is 14.6. The van der Waals surface area contributed by atoms with Crippen molar-refractivity contribution in [2.75, 3.05) is 6.54 Å². The molecule has 0 saturated heterocycles. The molecular weight excluding hydrogens is 391 g/mol. The number of halogens is 1. The summed E-state index contributed by atoms with van der Waals surface area (Å²) in [6, 6.07) is 13.8. The first-order valence-electron chi connectivity index (χ1n) is 11.0.